The van der Waals surface area contributed by atoms with Crippen molar-refractivity contribution < 1.29 is 9.53 Å². The summed E-state index contributed by atoms with van der Waals surface area (Å²) in [5.41, 5.74) is 6.10. The van der Waals surface area contributed by atoms with Gasteiger partial charge in [-0.2, -0.15) is 0 Å². The van der Waals surface area contributed by atoms with Crippen molar-refractivity contribution in [3.05, 3.63) is 45.6 Å². The van der Waals surface area contributed by atoms with Gasteiger partial charge < -0.3 is 15.8 Å². The Bertz CT molecular complexity index is 602. The Kier molecular flexibility index (Phi) is 7.68. The van der Waals surface area contributed by atoms with Crippen molar-refractivity contribution >= 4 is 46.9 Å². The molecule has 3 N–H and O–H groups in total. The molecule has 0 spiro atoms. The van der Waals surface area contributed by atoms with Crippen molar-refractivity contribution in [2.45, 2.75) is 12.8 Å². The van der Waals surface area contributed by atoms with E-state index in [2.05, 4.69) is 5.32 Å². The lowest BCUT2D eigenvalue weighted by Crippen LogP contribution is -2.18. The molecule has 0 fully saturated rings. The number of carbonyl (C=O) groups excluding carboxylic acids is 1. The van der Waals surface area contributed by atoms with Gasteiger partial charge in [-0.1, -0.05) is 11.6 Å². The smallest absolute Gasteiger partial charge is 0.232 e. The van der Waals surface area contributed by atoms with Gasteiger partial charge >= 0.3 is 0 Å². The summed E-state index contributed by atoms with van der Waals surface area (Å²) in [6.45, 7) is 2.80. The van der Waals surface area contributed by atoms with Gasteiger partial charge in [0.05, 0.1) is 10.3 Å². The Balaban J connectivity index is 0.00000242. The van der Waals surface area contributed by atoms with Crippen LogP contribution in [-0.4, -0.2) is 19.1 Å². The summed E-state index contributed by atoms with van der Waals surface area (Å²) in [4.78, 5) is 13.1. The SMILES string of the molecule is CC(C(=O)Nc1ccc(OCCN)cc1)c1ccc(Cl)s1.Cl. The Hall–Kier alpha value is -1.27. The summed E-state index contributed by atoms with van der Waals surface area (Å²) in [5, 5.41) is 2.88. The average molecular weight is 361 g/mol. The second-order valence-corrected chi connectivity index (χ2v) is 6.26. The summed E-state index contributed by atoms with van der Waals surface area (Å²) >= 11 is 7.31. The van der Waals surface area contributed by atoms with Crippen LogP contribution in [0.5, 0.6) is 5.75 Å². The predicted molar refractivity (Wildman–Crippen MR) is 94.6 cm³/mol. The van der Waals surface area contributed by atoms with Gasteiger partial charge in [0, 0.05) is 17.1 Å². The van der Waals surface area contributed by atoms with E-state index in [1.807, 2.05) is 13.0 Å². The van der Waals surface area contributed by atoms with Gasteiger partial charge in [-0.15, -0.1) is 23.7 Å². The van der Waals surface area contributed by atoms with Crippen molar-refractivity contribution in [3.8, 4) is 5.75 Å². The lowest BCUT2D eigenvalue weighted by Gasteiger charge is -2.11. The highest BCUT2D eigenvalue weighted by Crippen LogP contribution is 2.29. The Morgan fingerprint density at radius 3 is 2.55 bits per heavy atom. The summed E-state index contributed by atoms with van der Waals surface area (Å²) in [6.07, 6.45) is 0. The van der Waals surface area contributed by atoms with E-state index in [4.69, 9.17) is 22.1 Å². The van der Waals surface area contributed by atoms with Crippen LogP contribution in [0.2, 0.25) is 4.34 Å². The molecule has 0 aliphatic rings. The van der Waals surface area contributed by atoms with Crippen LogP contribution in [0.25, 0.3) is 0 Å². The molecular weight excluding hydrogens is 343 g/mol. The molecule has 1 amide bonds. The molecule has 22 heavy (non-hydrogen) atoms. The molecule has 0 aliphatic heterocycles. The molecule has 0 bridgehead atoms. The van der Waals surface area contributed by atoms with Crippen LogP contribution in [0, 0.1) is 0 Å². The van der Waals surface area contributed by atoms with Crippen LogP contribution in [-0.2, 0) is 4.79 Å². The summed E-state index contributed by atoms with van der Waals surface area (Å²) in [6, 6.07) is 10.9. The molecule has 120 valence electrons. The van der Waals surface area contributed by atoms with E-state index in [9.17, 15) is 4.79 Å². The van der Waals surface area contributed by atoms with Gasteiger partial charge in [0.1, 0.15) is 12.4 Å². The number of anilines is 1. The number of halogens is 2. The molecule has 1 atom stereocenters. The first-order valence-electron chi connectivity index (χ1n) is 6.59. The van der Waals surface area contributed by atoms with Crippen LogP contribution in [0.15, 0.2) is 36.4 Å². The number of thiophene rings is 1. The lowest BCUT2D eigenvalue weighted by molar-refractivity contribution is -0.117. The van der Waals surface area contributed by atoms with Crippen LogP contribution in [0.1, 0.15) is 17.7 Å². The summed E-state index contributed by atoms with van der Waals surface area (Å²) < 4.78 is 6.07. The van der Waals surface area contributed by atoms with E-state index in [1.165, 1.54) is 11.3 Å². The predicted octanol–water partition coefficient (Wildman–Crippen LogP) is 3.90. The minimum Gasteiger partial charge on any atom is -0.492 e. The molecule has 1 heterocycles. The zero-order valence-corrected chi connectivity index (χ0v) is 14.4. The van der Waals surface area contributed by atoms with Crippen LogP contribution < -0.4 is 15.8 Å². The third kappa shape index (κ3) is 5.18. The van der Waals surface area contributed by atoms with E-state index >= 15 is 0 Å². The highest BCUT2D eigenvalue weighted by molar-refractivity contribution is 7.16. The third-order valence-electron chi connectivity index (χ3n) is 2.92. The molecule has 0 saturated heterocycles. The molecular formula is C15H18Cl2N2O2S. The maximum Gasteiger partial charge on any atom is 0.232 e. The van der Waals surface area contributed by atoms with Crippen LogP contribution in [0.3, 0.4) is 0 Å². The first-order valence-corrected chi connectivity index (χ1v) is 7.78. The average Bonchev–Trinajstić information content (AvgIpc) is 2.92. The number of hydrogen-bond donors (Lipinski definition) is 2. The number of benzene rings is 1. The Morgan fingerprint density at radius 2 is 2.00 bits per heavy atom. The maximum absolute atomic E-state index is 12.2. The fraction of sp³-hybridized carbons (Fsp3) is 0.267. The normalized spacial score (nSPS) is 11.4. The molecule has 4 nitrogen and oxygen atoms in total. The fourth-order valence-corrected chi connectivity index (χ4v) is 2.86. The van der Waals surface area contributed by atoms with Crippen molar-refractivity contribution in [2.24, 2.45) is 5.73 Å². The highest BCUT2D eigenvalue weighted by atomic mass is 35.5. The van der Waals surface area contributed by atoms with E-state index in [0.29, 0.717) is 17.5 Å². The first-order chi connectivity index (χ1) is 10.1. The monoisotopic (exact) mass is 360 g/mol. The quantitative estimate of drug-likeness (QED) is 0.820. The zero-order valence-electron chi connectivity index (χ0n) is 12.0. The van der Waals surface area contributed by atoms with E-state index in [-0.39, 0.29) is 24.2 Å². The molecule has 2 rings (SSSR count). The van der Waals surface area contributed by atoms with Gasteiger partial charge in [0.15, 0.2) is 0 Å². The lowest BCUT2D eigenvalue weighted by atomic mass is 10.1. The van der Waals surface area contributed by atoms with Gasteiger partial charge in [-0.25, -0.2) is 0 Å². The first kappa shape index (κ1) is 18.8. The molecule has 2 aromatic rings. The van der Waals surface area contributed by atoms with Gasteiger partial charge in [-0.3, -0.25) is 4.79 Å². The number of nitrogens with one attached hydrogen (secondary N) is 1. The van der Waals surface area contributed by atoms with Crippen molar-refractivity contribution in [3.63, 3.8) is 0 Å². The molecule has 1 aromatic heterocycles. The van der Waals surface area contributed by atoms with E-state index in [0.717, 1.165) is 16.3 Å². The number of ether oxygens (including phenoxy) is 1. The molecule has 7 heteroatoms. The van der Waals surface area contributed by atoms with E-state index in [1.54, 1.807) is 30.3 Å². The largest absolute Gasteiger partial charge is 0.492 e. The molecule has 0 aliphatic carbocycles. The topological polar surface area (TPSA) is 64.3 Å². The van der Waals surface area contributed by atoms with Gasteiger partial charge in [0.25, 0.3) is 0 Å². The summed E-state index contributed by atoms with van der Waals surface area (Å²) in [7, 11) is 0. The van der Waals surface area contributed by atoms with Gasteiger partial charge in [0.2, 0.25) is 5.91 Å². The Labute approximate surface area is 145 Å². The summed E-state index contributed by atoms with van der Waals surface area (Å²) in [5.74, 6) is 0.427. The van der Waals surface area contributed by atoms with Crippen molar-refractivity contribution in [1.29, 1.82) is 0 Å². The molecule has 0 saturated carbocycles. The number of hydrogen-bond acceptors (Lipinski definition) is 4. The van der Waals surface area contributed by atoms with Crippen LogP contribution >= 0.6 is 35.3 Å². The molecule has 1 unspecified atom stereocenters. The van der Waals surface area contributed by atoms with Crippen molar-refractivity contribution in [2.75, 3.05) is 18.5 Å². The van der Waals surface area contributed by atoms with Crippen LogP contribution in [0.4, 0.5) is 5.69 Å². The minimum absolute atomic E-state index is 0. The van der Waals surface area contributed by atoms with Gasteiger partial charge in [-0.05, 0) is 43.3 Å². The number of nitrogens with two attached hydrogens (primary N) is 1. The minimum atomic E-state index is -0.240. The number of carbonyl (C=O) groups is 1. The third-order valence-corrected chi connectivity index (χ3v) is 4.34. The van der Waals surface area contributed by atoms with E-state index < -0.39 is 0 Å². The second kappa shape index (κ2) is 9.00. The molecule has 1 aromatic carbocycles. The molecule has 0 radical (unpaired) electrons. The van der Waals surface area contributed by atoms with Crippen molar-refractivity contribution in [1.82, 2.24) is 0 Å². The maximum atomic E-state index is 12.2. The zero-order chi connectivity index (χ0) is 15.2. The number of amides is 1. The number of rotatable bonds is 6. The highest BCUT2D eigenvalue weighted by Gasteiger charge is 2.17. The standard InChI is InChI=1S/C15H17ClN2O2S.ClH/c1-10(13-6-7-14(16)21-13)15(19)18-11-2-4-12(5-3-11)20-9-8-17;/h2-7,10H,8-9,17H2,1H3,(H,18,19);1H. The Morgan fingerprint density at radius 1 is 1.32 bits per heavy atom. The second-order valence-electron chi connectivity index (χ2n) is 4.51. The fourth-order valence-electron chi connectivity index (χ4n) is 1.75.